The molecular weight excluding hydrogens is 735 g/mol. The zero-order chi connectivity index (χ0) is 39.0. The normalized spacial score (nSPS) is 19.5. The van der Waals surface area contributed by atoms with E-state index in [9.17, 15) is 24.3 Å². The molecule has 7 rings (SSSR count). The predicted molar refractivity (Wildman–Crippen MR) is 217 cm³/mol. The summed E-state index contributed by atoms with van der Waals surface area (Å²) >= 11 is 3.35. The van der Waals surface area contributed by atoms with E-state index in [1.54, 1.807) is 27.6 Å². The van der Waals surface area contributed by atoms with E-state index in [1.165, 1.54) is 11.6 Å². The Labute approximate surface area is 328 Å². The SMILES string of the molecule is CC(=O)N[C@H](C(=O)N1CCCC1C1=NC=C(C#Cc2csc3c(-c4ccc5nc(C6CCCN6C(=O)[C@H](NC(=O)CO)C(C)C)[nH]c5c4)csc23)C1)C(C)C. The Balaban J connectivity index is 1.04. The summed E-state index contributed by atoms with van der Waals surface area (Å²) in [5.41, 5.74) is 6.74. The van der Waals surface area contributed by atoms with Crippen molar-refractivity contribution in [1.82, 2.24) is 30.4 Å². The van der Waals surface area contributed by atoms with Gasteiger partial charge in [0.05, 0.1) is 38.1 Å². The average molecular weight is 782 g/mol. The smallest absolute Gasteiger partial charge is 0.246 e. The molecule has 2 saturated heterocycles. The second-order valence-corrected chi connectivity index (χ2v) is 17.0. The number of aliphatic hydroxyl groups excluding tert-OH is 1. The Hall–Kier alpha value is -4.84. The molecule has 4 atom stereocenters. The Bertz CT molecular complexity index is 2270. The molecule has 4 amide bonds. The molecular formula is C41H47N7O5S2. The number of likely N-dealkylation sites (tertiary alicyclic amines) is 2. The molecule has 1 aromatic carbocycles. The molecule has 0 aliphatic carbocycles. The average Bonchev–Trinajstić information content (AvgIpc) is 4.00. The van der Waals surface area contributed by atoms with E-state index in [4.69, 9.17) is 9.98 Å². The minimum absolute atomic E-state index is 0.0177. The van der Waals surface area contributed by atoms with Crippen molar-refractivity contribution in [2.75, 3.05) is 19.7 Å². The fraction of sp³-hybridized carbons (Fsp3) is 0.463. The van der Waals surface area contributed by atoms with Gasteiger partial charge >= 0.3 is 0 Å². The second kappa shape index (κ2) is 16.1. The number of benzene rings is 1. The van der Waals surface area contributed by atoms with E-state index >= 15 is 0 Å². The van der Waals surface area contributed by atoms with Crippen molar-refractivity contribution >= 4 is 72.4 Å². The van der Waals surface area contributed by atoms with Crippen LogP contribution in [0.2, 0.25) is 0 Å². The summed E-state index contributed by atoms with van der Waals surface area (Å²) in [6.07, 6.45) is 5.78. The third kappa shape index (κ3) is 7.83. The first-order chi connectivity index (χ1) is 26.4. The lowest BCUT2D eigenvalue weighted by Crippen LogP contribution is -2.53. The standard InChI is InChI=1S/C41H47N7O5S2/c1-22(2)35(43-24(5)50)40(52)47-14-6-8-32(47)31-16-25(18-42-31)10-11-27-20-54-38-28(21-55-37(27)38)26-12-13-29-30(17-26)45-39(44-29)33-9-7-15-48(33)41(53)36(23(3)4)46-34(51)19-49/h12-13,17-18,20-23,32-33,35-36,49H,6-9,14-16,19H2,1-5H3,(H,43,50)(H,44,45)(H,46,51)/t32?,33?,35-,36+/m0/s1. The van der Waals surface area contributed by atoms with Gasteiger partial charge in [0, 0.05) is 60.2 Å². The van der Waals surface area contributed by atoms with Crippen LogP contribution in [-0.2, 0) is 19.2 Å². The maximum Gasteiger partial charge on any atom is 0.246 e. The van der Waals surface area contributed by atoms with Crippen molar-refractivity contribution in [3.8, 4) is 23.0 Å². The van der Waals surface area contributed by atoms with Gasteiger partial charge in [0.2, 0.25) is 23.6 Å². The van der Waals surface area contributed by atoms with Crippen molar-refractivity contribution in [1.29, 1.82) is 0 Å². The van der Waals surface area contributed by atoms with Crippen molar-refractivity contribution < 1.29 is 24.3 Å². The topological polar surface area (TPSA) is 160 Å². The second-order valence-electron chi connectivity index (χ2n) is 15.3. The van der Waals surface area contributed by atoms with Crippen LogP contribution in [0.3, 0.4) is 0 Å². The van der Waals surface area contributed by atoms with Gasteiger partial charge in [0.15, 0.2) is 0 Å². The molecule has 0 radical (unpaired) electrons. The molecule has 3 aromatic heterocycles. The minimum Gasteiger partial charge on any atom is -0.387 e. The molecule has 4 N–H and O–H groups in total. The zero-order valence-electron chi connectivity index (χ0n) is 31.8. The lowest BCUT2D eigenvalue weighted by molar-refractivity contribution is -0.139. The first-order valence-corrected chi connectivity index (χ1v) is 20.7. The number of carbonyl (C=O) groups excluding carboxylic acids is 4. The number of nitrogens with zero attached hydrogens (tertiary/aromatic N) is 4. The quantitative estimate of drug-likeness (QED) is 0.155. The number of hydrogen-bond donors (Lipinski definition) is 4. The molecule has 288 valence electrons. The number of aromatic amines is 1. The number of aliphatic hydroxyl groups is 1. The van der Waals surface area contributed by atoms with Gasteiger partial charge in [0.1, 0.15) is 24.5 Å². The molecule has 2 fully saturated rings. The van der Waals surface area contributed by atoms with Crippen LogP contribution >= 0.6 is 22.7 Å². The zero-order valence-corrected chi connectivity index (χ0v) is 33.4. The van der Waals surface area contributed by atoms with Gasteiger partial charge in [-0.1, -0.05) is 45.6 Å². The number of carbonyl (C=O) groups is 4. The Morgan fingerprint density at radius 3 is 2.29 bits per heavy atom. The highest BCUT2D eigenvalue weighted by molar-refractivity contribution is 7.27. The van der Waals surface area contributed by atoms with Gasteiger partial charge in [-0.15, -0.1) is 22.7 Å². The molecule has 0 spiro atoms. The van der Waals surface area contributed by atoms with E-state index in [0.717, 1.165) is 75.2 Å². The molecule has 4 aromatic rings. The van der Waals surface area contributed by atoms with Gasteiger partial charge in [-0.05, 0) is 55.2 Å². The molecule has 6 heterocycles. The van der Waals surface area contributed by atoms with Crippen LogP contribution in [0.4, 0.5) is 0 Å². The largest absolute Gasteiger partial charge is 0.387 e. The lowest BCUT2D eigenvalue weighted by atomic mass is 10.00. The van der Waals surface area contributed by atoms with E-state index in [-0.39, 0.29) is 41.6 Å². The van der Waals surface area contributed by atoms with Crippen molar-refractivity contribution in [3.63, 3.8) is 0 Å². The van der Waals surface area contributed by atoms with Crippen molar-refractivity contribution in [3.05, 3.63) is 52.1 Å². The van der Waals surface area contributed by atoms with Gasteiger partial charge in [-0.25, -0.2) is 4.98 Å². The van der Waals surface area contributed by atoms with Crippen LogP contribution in [0.1, 0.15) is 84.2 Å². The Morgan fingerprint density at radius 2 is 1.60 bits per heavy atom. The van der Waals surface area contributed by atoms with Gasteiger partial charge in [-0.2, -0.15) is 0 Å². The molecule has 14 heteroatoms. The number of amides is 4. The van der Waals surface area contributed by atoms with E-state index in [0.29, 0.717) is 19.5 Å². The Kier molecular flexibility index (Phi) is 11.2. The summed E-state index contributed by atoms with van der Waals surface area (Å²) in [5, 5.41) is 19.1. The highest BCUT2D eigenvalue weighted by Crippen LogP contribution is 2.41. The van der Waals surface area contributed by atoms with Crippen LogP contribution in [0.5, 0.6) is 0 Å². The number of rotatable bonds is 10. The highest BCUT2D eigenvalue weighted by atomic mass is 32.1. The number of aliphatic imine (C=N–C) groups is 1. The van der Waals surface area contributed by atoms with Gasteiger partial charge in [-0.3, -0.25) is 24.2 Å². The Morgan fingerprint density at radius 1 is 0.927 bits per heavy atom. The van der Waals surface area contributed by atoms with Crippen LogP contribution in [0.15, 0.2) is 45.7 Å². The molecule has 0 bridgehead atoms. The maximum absolute atomic E-state index is 13.6. The maximum atomic E-state index is 13.6. The number of fused-ring (bicyclic) bond motifs is 2. The number of allylic oxidation sites excluding steroid dienone is 1. The summed E-state index contributed by atoms with van der Waals surface area (Å²) in [6, 6.07) is 4.60. The fourth-order valence-electron chi connectivity index (χ4n) is 7.85. The predicted octanol–water partition coefficient (Wildman–Crippen LogP) is 5.53. The number of H-pyrrole nitrogens is 1. The van der Waals surface area contributed by atoms with E-state index < -0.39 is 24.6 Å². The monoisotopic (exact) mass is 781 g/mol. The molecule has 55 heavy (non-hydrogen) atoms. The highest BCUT2D eigenvalue weighted by Gasteiger charge is 2.39. The van der Waals surface area contributed by atoms with Crippen LogP contribution in [0.25, 0.3) is 31.6 Å². The number of hydrogen-bond acceptors (Lipinski definition) is 9. The van der Waals surface area contributed by atoms with Crippen LogP contribution in [-0.4, -0.2) is 92.0 Å². The lowest BCUT2D eigenvalue weighted by Gasteiger charge is -2.31. The van der Waals surface area contributed by atoms with Crippen molar-refractivity contribution in [2.24, 2.45) is 16.8 Å². The first-order valence-electron chi connectivity index (χ1n) is 19.0. The molecule has 12 nitrogen and oxygen atoms in total. The molecule has 2 unspecified atom stereocenters. The number of imidazole rings is 1. The number of nitrogens with one attached hydrogen (secondary N) is 3. The minimum atomic E-state index is -0.723. The van der Waals surface area contributed by atoms with E-state index in [2.05, 4.69) is 50.4 Å². The summed E-state index contributed by atoms with van der Waals surface area (Å²) in [4.78, 5) is 67.7. The summed E-state index contributed by atoms with van der Waals surface area (Å²) < 4.78 is 2.30. The summed E-state index contributed by atoms with van der Waals surface area (Å²) in [5.74, 6) is 6.34. The third-order valence-corrected chi connectivity index (χ3v) is 12.8. The number of aromatic nitrogens is 2. The van der Waals surface area contributed by atoms with Crippen LogP contribution < -0.4 is 10.6 Å². The number of thiophene rings is 2. The van der Waals surface area contributed by atoms with Gasteiger partial charge < -0.3 is 30.5 Å². The third-order valence-electron chi connectivity index (χ3n) is 10.7. The van der Waals surface area contributed by atoms with E-state index in [1.807, 2.05) is 44.9 Å². The van der Waals surface area contributed by atoms with Crippen LogP contribution in [0, 0.1) is 23.7 Å². The summed E-state index contributed by atoms with van der Waals surface area (Å²) in [6.45, 7) is 9.67. The van der Waals surface area contributed by atoms with Gasteiger partial charge in [0.25, 0.3) is 0 Å². The molecule has 3 aliphatic rings. The first kappa shape index (κ1) is 38.4. The molecule has 3 aliphatic heterocycles. The summed E-state index contributed by atoms with van der Waals surface area (Å²) in [7, 11) is 0. The van der Waals surface area contributed by atoms with Crippen molar-refractivity contribution in [2.45, 2.75) is 90.9 Å². The molecule has 0 saturated carbocycles. The fourth-order valence-corrected chi connectivity index (χ4v) is 10.2.